The summed E-state index contributed by atoms with van der Waals surface area (Å²) in [4.78, 5) is 19.7. The smallest absolute Gasteiger partial charge is 0.275 e. The molecule has 0 saturated heterocycles. The van der Waals surface area contributed by atoms with Crippen LogP contribution in [0.4, 0.5) is 11.4 Å². The lowest BCUT2D eigenvalue weighted by molar-refractivity contribution is 0.102. The summed E-state index contributed by atoms with van der Waals surface area (Å²) in [6.07, 6.45) is 4.29. The SMILES string of the molecule is COc1cc(N)c(NC(=O)c2cnccn2)cc1OC. The number of hydrogen-bond acceptors (Lipinski definition) is 6. The van der Waals surface area contributed by atoms with Gasteiger partial charge in [-0.2, -0.15) is 0 Å². The lowest BCUT2D eigenvalue weighted by atomic mass is 10.2. The third-order valence-electron chi connectivity index (χ3n) is 2.60. The van der Waals surface area contributed by atoms with E-state index < -0.39 is 5.91 Å². The zero-order valence-electron chi connectivity index (χ0n) is 11.1. The molecule has 0 spiro atoms. The van der Waals surface area contributed by atoms with Gasteiger partial charge >= 0.3 is 0 Å². The van der Waals surface area contributed by atoms with Crippen LogP contribution in [0.25, 0.3) is 0 Å². The van der Waals surface area contributed by atoms with Crippen molar-refractivity contribution >= 4 is 17.3 Å². The van der Waals surface area contributed by atoms with Crippen LogP contribution in [-0.4, -0.2) is 30.1 Å². The molecule has 0 aliphatic rings. The second-order valence-corrected chi connectivity index (χ2v) is 3.84. The summed E-state index contributed by atoms with van der Waals surface area (Å²) >= 11 is 0. The molecule has 20 heavy (non-hydrogen) atoms. The lowest BCUT2D eigenvalue weighted by Gasteiger charge is -2.13. The maximum absolute atomic E-state index is 12.0. The number of carbonyl (C=O) groups excluding carboxylic acids is 1. The predicted molar refractivity (Wildman–Crippen MR) is 73.9 cm³/mol. The minimum Gasteiger partial charge on any atom is -0.493 e. The Hall–Kier alpha value is -2.83. The topological polar surface area (TPSA) is 99.4 Å². The van der Waals surface area contributed by atoms with Crippen LogP contribution in [0.5, 0.6) is 11.5 Å². The average molecular weight is 274 g/mol. The number of hydrogen-bond donors (Lipinski definition) is 2. The molecule has 2 aromatic rings. The van der Waals surface area contributed by atoms with E-state index in [4.69, 9.17) is 15.2 Å². The maximum atomic E-state index is 12.0. The predicted octanol–water partition coefficient (Wildman–Crippen LogP) is 1.33. The number of nitrogens with zero attached hydrogens (tertiary/aromatic N) is 2. The van der Waals surface area contributed by atoms with E-state index >= 15 is 0 Å². The molecule has 0 bridgehead atoms. The summed E-state index contributed by atoms with van der Waals surface area (Å²) in [5.74, 6) is 0.552. The van der Waals surface area contributed by atoms with Crippen molar-refractivity contribution in [1.29, 1.82) is 0 Å². The van der Waals surface area contributed by atoms with Gasteiger partial charge in [0, 0.05) is 24.5 Å². The zero-order valence-corrected chi connectivity index (χ0v) is 11.1. The van der Waals surface area contributed by atoms with Gasteiger partial charge in [0.2, 0.25) is 0 Å². The number of nitrogens with one attached hydrogen (secondary N) is 1. The highest BCUT2D eigenvalue weighted by Gasteiger charge is 2.13. The summed E-state index contributed by atoms with van der Waals surface area (Å²) < 4.78 is 10.3. The van der Waals surface area contributed by atoms with Gasteiger partial charge in [0.1, 0.15) is 5.69 Å². The Kier molecular flexibility index (Phi) is 3.99. The number of nitrogens with two attached hydrogens (primary N) is 1. The molecule has 0 atom stereocenters. The molecule has 1 heterocycles. The van der Waals surface area contributed by atoms with Crippen LogP contribution in [0.15, 0.2) is 30.7 Å². The summed E-state index contributed by atoms with van der Waals surface area (Å²) in [5, 5.41) is 2.65. The lowest BCUT2D eigenvalue weighted by Crippen LogP contribution is -2.15. The highest BCUT2D eigenvalue weighted by molar-refractivity contribution is 6.04. The van der Waals surface area contributed by atoms with Gasteiger partial charge in [0.25, 0.3) is 5.91 Å². The van der Waals surface area contributed by atoms with Crippen molar-refractivity contribution in [2.24, 2.45) is 0 Å². The number of carbonyl (C=O) groups is 1. The van der Waals surface area contributed by atoms with E-state index in [-0.39, 0.29) is 5.69 Å². The van der Waals surface area contributed by atoms with Crippen LogP contribution < -0.4 is 20.5 Å². The Labute approximate surface area is 115 Å². The summed E-state index contributed by atoms with van der Waals surface area (Å²) in [5.41, 5.74) is 6.83. The van der Waals surface area contributed by atoms with Crippen LogP contribution in [0, 0.1) is 0 Å². The normalized spacial score (nSPS) is 9.90. The maximum Gasteiger partial charge on any atom is 0.275 e. The van der Waals surface area contributed by atoms with Crippen molar-refractivity contribution in [3.8, 4) is 11.5 Å². The average Bonchev–Trinajstić information content (AvgIpc) is 2.49. The van der Waals surface area contributed by atoms with Gasteiger partial charge in [0.05, 0.1) is 31.8 Å². The van der Waals surface area contributed by atoms with Gasteiger partial charge in [-0.05, 0) is 0 Å². The van der Waals surface area contributed by atoms with Crippen LogP contribution in [0.1, 0.15) is 10.5 Å². The minimum absolute atomic E-state index is 0.196. The van der Waals surface area contributed by atoms with Gasteiger partial charge in [0.15, 0.2) is 11.5 Å². The van der Waals surface area contributed by atoms with E-state index in [9.17, 15) is 4.79 Å². The number of aromatic nitrogens is 2. The van der Waals surface area contributed by atoms with Crippen molar-refractivity contribution in [2.45, 2.75) is 0 Å². The Morgan fingerprint density at radius 3 is 2.50 bits per heavy atom. The van der Waals surface area contributed by atoms with E-state index in [1.54, 1.807) is 12.1 Å². The molecule has 7 heteroatoms. The monoisotopic (exact) mass is 274 g/mol. The van der Waals surface area contributed by atoms with Crippen LogP contribution in [0.2, 0.25) is 0 Å². The second-order valence-electron chi connectivity index (χ2n) is 3.84. The minimum atomic E-state index is -0.406. The Morgan fingerprint density at radius 2 is 1.90 bits per heavy atom. The van der Waals surface area contributed by atoms with Gasteiger partial charge in [-0.15, -0.1) is 0 Å². The molecule has 1 amide bonds. The van der Waals surface area contributed by atoms with E-state index in [0.29, 0.717) is 22.9 Å². The molecule has 1 aromatic heterocycles. The molecule has 104 valence electrons. The van der Waals surface area contributed by atoms with E-state index in [1.807, 2.05) is 0 Å². The van der Waals surface area contributed by atoms with Crippen molar-refractivity contribution in [3.05, 3.63) is 36.4 Å². The Bertz CT molecular complexity index is 617. The summed E-state index contributed by atoms with van der Waals surface area (Å²) in [7, 11) is 3.01. The van der Waals surface area contributed by atoms with E-state index in [1.165, 1.54) is 32.8 Å². The number of ether oxygens (including phenoxy) is 2. The number of nitrogen functional groups attached to an aromatic ring is 1. The molecular weight excluding hydrogens is 260 g/mol. The van der Waals surface area contributed by atoms with Gasteiger partial charge in [-0.3, -0.25) is 9.78 Å². The largest absolute Gasteiger partial charge is 0.493 e. The molecule has 0 fully saturated rings. The van der Waals surface area contributed by atoms with Gasteiger partial charge < -0.3 is 20.5 Å². The molecule has 0 aliphatic carbocycles. The van der Waals surface area contributed by atoms with Crippen molar-refractivity contribution in [1.82, 2.24) is 9.97 Å². The number of methoxy groups -OCH3 is 2. The van der Waals surface area contributed by atoms with Crippen LogP contribution >= 0.6 is 0 Å². The number of amides is 1. The second kappa shape index (κ2) is 5.87. The van der Waals surface area contributed by atoms with Crippen molar-refractivity contribution in [2.75, 3.05) is 25.3 Å². The highest BCUT2D eigenvalue weighted by Crippen LogP contribution is 2.34. The molecule has 1 aromatic carbocycles. The molecule has 0 radical (unpaired) electrons. The number of benzene rings is 1. The standard InChI is InChI=1S/C13H14N4O3/c1-19-11-5-8(14)9(6-12(11)20-2)17-13(18)10-7-15-3-4-16-10/h3-7H,14H2,1-2H3,(H,17,18). The van der Waals surface area contributed by atoms with E-state index in [0.717, 1.165) is 0 Å². The fraction of sp³-hybridized carbons (Fsp3) is 0.154. The molecular formula is C13H14N4O3. The van der Waals surface area contributed by atoms with Crippen molar-refractivity contribution < 1.29 is 14.3 Å². The molecule has 2 rings (SSSR count). The van der Waals surface area contributed by atoms with E-state index in [2.05, 4.69) is 15.3 Å². The van der Waals surface area contributed by atoms with Gasteiger partial charge in [-0.1, -0.05) is 0 Å². The fourth-order valence-corrected chi connectivity index (χ4v) is 1.61. The third kappa shape index (κ3) is 2.77. The first-order chi connectivity index (χ1) is 9.65. The van der Waals surface area contributed by atoms with Crippen molar-refractivity contribution in [3.63, 3.8) is 0 Å². The quantitative estimate of drug-likeness (QED) is 0.816. The highest BCUT2D eigenvalue weighted by atomic mass is 16.5. The molecule has 0 aliphatic heterocycles. The molecule has 7 nitrogen and oxygen atoms in total. The molecule has 0 saturated carbocycles. The first-order valence-electron chi connectivity index (χ1n) is 5.74. The fourth-order valence-electron chi connectivity index (χ4n) is 1.61. The van der Waals surface area contributed by atoms with Crippen LogP contribution in [0.3, 0.4) is 0 Å². The first kappa shape index (κ1) is 13.6. The number of rotatable bonds is 4. The number of anilines is 2. The zero-order chi connectivity index (χ0) is 14.5. The first-order valence-corrected chi connectivity index (χ1v) is 5.74. The molecule has 3 N–H and O–H groups in total. The van der Waals surface area contributed by atoms with Gasteiger partial charge in [-0.25, -0.2) is 4.98 Å². The van der Waals surface area contributed by atoms with Crippen LogP contribution in [-0.2, 0) is 0 Å². The summed E-state index contributed by atoms with van der Waals surface area (Å²) in [6, 6.07) is 3.16. The Morgan fingerprint density at radius 1 is 1.20 bits per heavy atom. The Balaban J connectivity index is 2.28. The third-order valence-corrected chi connectivity index (χ3v) is 2.60. The summed E-state index contributed by atoms with van der Waals surface area (Å²) in [6.45, 7) is 0. The molecule has 0 unspecified atom stereocenters.